The van der Waals surface area contributed by atoms with Crippen LogP contribution in [0.1, 0.15) is 12.5 Å². The number of hydrogen-bond acceptors (Lipinski definition) is 4. The Balaban J connectivity index is 2.60. The fourth-order valence-electron chi connectivity index (χ4n) is 2.03. The van der Waals surface area contributed by atoms with Gasteiger partial charge in [0.1, 0.15) is 5.75 Å². The third-order valence-electron chi connectivity index (χ3n) is 3.18. The van der Waals surface area contributed by atoms with Gasteiger partial charge in [-0.05, 0) is 31.3 Å². The van der Waals surface area contributed by atoms with Gasteiger partial charge in [-0.3, -0.25) is 4.90 Å². The van der Waals surface area contributed by atoms with Crippen LogP contribution < -0.4 is 10.1 Å². The number of nitrogens with zero attached hydrogens (tertiary/aromatic N) is 1. The normalized spacial score (nSPS) is 12.7. The van der Waals surface area contributed by atoms with Crippen molar-refractivity contribution in [1.82, 2.24) is 10.2 Å². The molecule has 0 radical (unpaired) electrons. The lowest BCUT2D eigenvalue weighted by Crippen LogP contribution is -2.42. The summed E-state index contributed by atoms with van der Waals surface area (Å²) >= 11 is 0. The summed E-state index contributed by atoms with van der Waals surface area (Å²) in [6.45, 7) is 5.65. The number of hydrogen-bond donors (Lipinski definition) is 1. The fraction of sp³-hybridized carbons (Fsp3) is 0.600. The number of benzene rings is 1. The molecule has 0 aliphatic heterocycles. The predicted molar refractivity (Wildman–Crippen MR) is 78.7 cm³/mol. The Morgan fingerprint density at radius 3 is 2.74 bits per heavy atom. The summed E-state index contributed by atoms with van der Waals surface area (Å²) in [6.07, 6.45) is 0. The van der Waals surface area contributed by atoms with Gasteiger partial charge in [-0.2, -0.15) is 0 Å². The van der Waals surface area contributed by atoms with Gasteiger partial charge in [-0.1, -0.05) is 19.1 Å². The Morgan fingerprint density at radius 2 is 2.11 bits per heavy atom. The Hall–Kier alpha value is -1.10. The minimum Gasteiger partial charge on any atom is -0.497 e. The molecule has 1 unspecified atom stereocenters. The van der Waals surface area contributed by atoms with Gasteiger partial charge in [0.25, 0.3) is 0 Å². The van der Waals surface area contributed by atoms with Crippen molar-refractivity contribution in [3.63, 3.8) is 0 Å². The summed E-state index contributed by atoms with van der Waals surface area (Å²) in [5.41, 5.74) is 1.25. The molecule has 0 heterocycles. The lowest BCUT2D eigenvalue weighted by molar-refractivity contribution is 0.102. The molecule has 0 spiro atoms. The molecule has 0 fully saturated rings. The molecule has 0 aromatic heterocycles. The zero-order valence-electron chi connectivity index (χ0n) is 12.5. The van der Waals surface area contributed by atoms with Gasteiger partial charge in [-0.25, -0.2) is 0 Å². The molecule has 0 saturated carbocycles. The number of ether oxygens (including phenoxy) is 2. The van der Waals surface area contributed by atoms with Gasteiger partial charge in [-0.15, -0.1) is 0 Å². The largest absolute Gasteiger partial charge is 0.497 e. The maximum Gasteiger partial charge on any atom is 0.119 e. The summed E-state index contributed by atoms with van der Waals surface area (Å²) < 4.78 is 10.6. The van der Waals surface area contributed by atoms with E-state index in [0.29, 0.717) is 6.04 Å². The first-order valence-electron chi connectivity index (χ1n) is 6.74. The molecule has 1 aromatic rings. The lowest BCUT2D eigenvalue weighted by Gasteiger charge is -2.27. The number of likely N-dealkylation sites (N-methyl/N-ethyl adjacent to an activating group) is 2. The molecule has 4 nitrogen and oxygen atoms in total. The van der Waals surface area contributed by atoms with Crippen molar-refractivity contribution in [2.75, 3.05) is 41.0 Å². The first-order chi connectivity index (χ1) is 9.21. The monoisotopic (exact) mass is 266 g/mol. The van der Waals surface area contributed by atoms with Gasteiger partial charge < -0.3 is 14.8 Å². The van der Waals surface area contributed by atoms with E-state index in [4.69, 9.17) is 9.47 Å². The fourth-order valence-corrected chi connectivity index (χ4v) is 2.03. The minimum atomic E-state index is 0.371. The van der Waals surface area contributed by atoms with E-state index in [1.54, 1.807) is 14.2 Å². The van der Waals surface area contributed by atoms with Crippen molar-refractivity contribution >= 4 is 0 Å². The van der Waals surface area contributed by atoms with Crippen LogP contribution in [0.2, 0.25) is 0 Å². The lowest BCUT2D eigenvalue weighted by atomic mass is 10.1. The number of methoxy groups -OCH3 is 2. The van der Waals surface area contributed by atoms with Crippen molar-refractivity contribution in [3.05, 3.63) is 29.8 Å². The molecule has 1 N–H and O–H groups in total. The van der Waals surface area contributed by atoms with E-state index in [1.165, 1.54) is 5.56 Å². The minimum absolute atomic E-state index is 0.371. The van der Waals surface area contributed by atoms with E-state index >= 15 is 0 Å². The van der Waals surface area contributed by atoms with E-state index in [9.17, 15) is 0 Å². The van der Waals surface area contributed by atoms with Gasteiger partial charge in [0.2, 0.25) is 0 Å². The predicted octanol–water partition coefficient (Wildman–Crippen LogP) is 1.75. The second-order valence-corrected chi connectivity index (χ2v) is 4.68. The molecular formula is C15H26N2O2. The zero-order chi connectivity index (χ0) is 14.1. The average molecular weight is 266 g/mol. The molecule has 1 aromatic carbocycles. The van der Waals surface area contributed by atoms with Crippen molar-refractivity contribution in [2.45, 2.75) is 19.5 Å². The summed E-state index contributed by atoms with van der Waals surface area (Å²) in [5, 5.41) is 3.38. The van der Waals surface area contributed by atoms with Crippen molar-refractivity contribution < 1.29 is 9.47 Å². The molecule has 0 aliphatic rings. The van der Waals surface area contributed by atoms with Crippen LogP contribution in [0.4, 0.5) is 0 Å². The van der Waals surface area contributed by atoms with Crippen LogP contribution in [-0.2, 0) is 11.3 Å². The average Bonchev–Trinajstić information content (AvgIpc) is 2.43. The number of rotatable bonds is 9. The van der Waals surface area contributed by atoms with Crippen molar-refractivity contribution in [2.24, 2.45) is 0 Å². The molecule has 1 atom stereocenters. The van der Waals surface area contributed by atoms with Crippen LogP contribution in [0.3, 0.4) is 0 Å². The quantitative estimate of drug-likeness (QED) is 0.738. The zero-order valence-corrected chi connectivity index (χ0v) is 12.5. The summed E-state index contributed by atoms with van der Waals surface area (Å²) in [7, 11) is 5.57. The van der Waals surface area contributed by atoms with Crippen LogP contribution in [0.5, 0.6) is 5.75 Å². The molecule has 108 valence electrons. The highest BCUT2D eigenvalue weighted by molar-refractivity contribution is 5.28. The maximum absolute atomic E-state index is 5.30. The summed E-state index contributed by atoms with van der Waals surface area (Å²) in [4.78, 5) is 2.31. The Labute approximate surface area is 116 Å². The van der Waals surface area contributed by atoms with Crippen LogP contribution in [0.25, 0.3) is 0 Å². The van der Waals surface area contributed by atoms with Crippen molar-refractivity contribution in [1.29, 1.82) is 0 Å². The van der Waals surface area contributed by atoms with Gasteiger partial charge in [0, 0.05) is 26.2 Å². The summed E-state index contributed by atoms with van der Waals surface area (Å²) in [6, 6.07) is 8.56. The first kappa shape index (κ1) is 16.0. The Bertz CT molecular complexity index is 358. The van der Waals surface area contributed by atoms with Crippen molar-refractivity contribution in [3.8, 4) is 5.75 Å². The second-order valence-electron chi connectivity index (χ2n) is 4.68. The maximum atomic E-state index is 5.30. The van der Waals surface area contributed by atoms with Crippen LogP contribution in [0, 0.1) is 0 Å². The van der Waals surface area contributed by atoms with E-state index in [-0.39, 0.29) is 0 Å². The Morgan fingerprint density at radius 1 is 1.32 bits per heavy atom. The van der Waals surface area contributed by atoms with E-state index < -0.39 is 0 Å². The highest BCUT2D eigenvalue weighted by Gasteiger charge is 2.14. The third kappa shape index (κ3) is 5.59. The highest BCUT2D eigenvalue weighted by Crippen LogP contribution is 2.14. The molecule has 1 rings (SSSR count). The van der Waals surface area contributed by atoms with Crippen LogP contribution in [-0.4, -0.2) is 51.9 Å². The number of nitrogens with one attached hydrogen (secondary N) is 1. The first-order valence-corrected chi connectivity index (χ1v) is 6.74. The summed E-state index contributed by atoms with van der Waals surface area (Å²) in [5.74, 6) is 0.904. The smallest absolute Gasteiger partial charge is 0.119 e. The van der Waals surface area contributed by atoms with Gasteiger partial charge >= 0.3 is 0 Å². The SMILES string of the molecule is CCNCC(COC)N(C)Cc1cccc(OC)c1. The van der Waals surface area contributed by atoms with Crippen LogP contribution >= 0.6 is 0 Å². The molecule has 19 heavy (non-hydrogen) atoms. The molecule has 0 amide bonds. The van der Waals surface area contributed by atoms with E-state index in [0.717, 1.165) is 32.0 Å². The molecule has 0 aliphatic carbocycles. The second kappa shape index (κ2) is 8.91. The molecule has 0 saturated heterocycles. The van der Waals surface area contributed by atoms with Gasteiger partial charge in [0.15, 0.2) is 0 Å². The topological polar surface area (TPSA) is 33.7 Å². The standard InChI is InChI=1S/C15H26N2O2/c1-5-16-10-14(12-18-3)17(2)11-13-7-6-8-15(9-13)19-4/h6-9,14,16H,5,10-12H2,1-4H3. The third-order valence-corrected chi connectivity index (χ3v) is 3.18. The Kier molecular flexibility index (Phi) is 7.48. The molecule has 4 heteroatoms. The van der Waals surface area contributed by atoms with E-state index in [2.05, 4.69) is 36.3 Å². The molecular weight excluding hydrogens is 240 g/mol. The highest BCUT2D eigenvalue weighted by atomic mass is 16.5. The molecule has 0 bridgehead atoms. The van der Waals surface area contributed by atoms with E-state index in [1.807, 2.05) is 12.1 Å². The van der Waals surface area contributed by atoms with Gasteiger partial charge in [0.05, 0.1) is 13.7 Å². The van der Waals surface area contributed by atoms with Crippen LogP contribution in [0.15, 0.2) is 24.3 Å².